The van der Waals surface area contributed by atoms with Gasteiger partial charge in [0.2, 0.25) is 0 Å². The zero-order valence-electron chi connectivity index (χ0n) is 13.0. The number of nitrogens with zero attached hydrogens (tertiary/aromatic N) is 1. The molecule has 0 aromatic heterocycles. The van der Waals surface area contributed by atoms with E-state index < -0.39 is 0 Å². The summed E-state index contributed by atoms with van der Waals surface area (Å²) in [6.07, 6.45) is 0. The maximum absolute atomic E-state index is 5.99. The van der Waals surface area contributed by atoms with Gasteiger partial charge in [0.25, 0.3) is 0 Å². The molecule has 0 spiro atoms. The average molecular weight is 289 g/mol. The van der Waals surface area contributed by atoms with E-state index >= 15 is 0 Å². The molecule has 0 saturated heterocycles. The summed E-state index contributed by atoms with van der Waals surface area (Å²) in [5, 5.41) is 2.56. The molecule has 0 bridgehead atoms. The van der Waals surface area contributed by atoms with Crippen LogP contribution in [0.3, 0.4) is 0 Å². The van der Waals surface area contributed by atoms with Crippen molar-refractivity contribution in [3.8, 4) is 5.75 Å². The summed E-state index contributed by atoms with van der Waals surface area (Å²) in [6.45, 7) is 5.80. The second-order valence-corrected chi connectivity index (χ2v) is 6.00. The molecule has 1 heterocycles. The minimum absolute atomic E-state index is 0.605. The van der Waals surface area contributed by atoms with Gasteiger partial charge < -0.3 is 9.64 Å². The monoisotopic (exact) mass is 289 g/mol. The van der Waals surface area contributed by atoms with Crippen molar-refractivity contribution >= 4 is 16.5 Å². The number of rotatable bonds is 1. The van der Waals surface area contributed by atoms with Gasteiger partial charge in [-0.3, -0.25) is 0 Å². The van der Waals surface area contributed by atoms with Gasteiger partial charge >= 0.3 is 0 Å². The fourth-order valence-corrected chi connectivity index (χ4v) is 3.09. The smallest absolute Gasteiger partial charge is 0.161 e. The number of ether oxygens (including phenoxy) is 1. The summed E-state index contributed by atoms with van der Waals surface area (Å²) >= 11 is 0. The topological polar surface area (TPSA) is 12.5 Å². The summed E-state index contributed by atoms with van der Waals surface area (Å²) in [5.74, 6) is 1.01. The largest absolute Gasteiger partial charge is 0.473 e. The van der Waals surface area contributed by atoms with Gasteiger partial charge in [-0.1, -0.05) is 36.4 Å². The molecule has 22 heavy (non-hydrogen) atoms. The van der Waals surface area contributed by atoms with Gasteiger partial charge in [-0.25, -0.2) is 0 Å². The van der Waals surface area contributed by atoms with Crippen LogP contribution < -0.4 is 9.64 Å². The van der Waals surface area contributed by atoms with E-state index in [1.807, 2.05) is 0 Å². The molecule has 2 heteroatoms. The molecule has 1 aliphatic rings. The molecule has 1 aliphatic heterocycles. The molecule has 0 saturated carbocycles. The molecule has 0 radical (unpaired) electrons. The number of fused-ring (bicyclic) bond motifs is 3. The second kappa shape index (κ2) is 5.06. The van der Waals surface area contributed by atoms with Crippen LogP contribution in [0.15, 0.2) is 54.6 Å². The van der Waals surface area contributed by atoms with Crippen molar-refractivity contribution in [3.63, 3.8) is 0 Å². The summed E-state index contributed by atoms with van der Waals surface area (Å²) in [6, 6.07) is 19.4. The van der Waals surface area contributed by atoms with E-state index in [0.29, 0.717) is 6.73 Å². The number of hydrogen-bond donors (Lipinski definition) is 0. The predicted molar refractivity (Wildman–Crippen MR) is 91.5 cm³/mol. The van der Waals surface area contributed by atoms with Gasteiger partial charge in [0.15, 0.2) is 6.73 Å². The summed E-state index contributed by atoms with van der Waals surface area (Å²) in [5.41, 5.74) is 5.15. The van der Waals surface area contributed by atoms with Crippen molar-refractivity contribution in [2.75, 3.05) is 11.6 Å². The van der Waals surface area contributed by atoms with Crippen molar-refractivity contribution in [2.45, 2.75) is 20.4 Å². The molecule has 4 rings (SSSR count). The third-order valence-corrected chi connectivity index (χ3v) is 4.58. The molecule has 0 N–H and O–H groups in total. The van der Waals surface area contributed by atoms with Gasteiger partial charge in [0, 0.05) is 11.3 Å². The van der Waals surface area contributed by atoms with Crippen molar-refractivity contribution in [3.05, 3.63) is 71.3 Å². The zero-order valence-corrected chi connectivity index (χ0v) is 13.0. The van der Waals surface area contributed by atoms with E-state index in [1.165, 1.54) is 33.2 Å². The lowest BCUT2D eigenvalue weighted by Gasteiger charge is -2.32. The highest BCUT2D eigenvalue weighted by Gasteiger charge is 2.19. The van der Waals surface area contributed by atoms with E-state index in [0.717, 1.165) is 12.3 Å². The van der Waals surface area contributed by atoms with Crippen molar-refractivity contribution in [2.24, 2.45) is 0 Å². The van der Waals surface area contributed by atoms with Crippen LogP contribution in [0.1, 0.15) is 16.7 Å². The first kappa shape index (κ1) is 13.2. The molecule has 3 aromatic carbocycles. The lowest BCUT2D eigenvalue weighted by molar-refractivity contribution is 0.290. The fourth-order valence-electron chi connectivity index (χ4n) is 3.09. The molecular formula is C20H19NO. The molecule has 3 aromatic rings. The standard InChI is InChI=1S/C20H19NO/c1-14-7-9-17(11-15(14)2)21-12-19-18-6-4-3-5-16(18)8-10-20(19)22-13-21/h3-11H,12-13H2,1-2H3. The van der Waals surface area contributed by atoms with Crippen molar-refractivity contribution in [1.29, 1.82) is 0 Å². The van der Waals surface area contributed by atoms with E-state index in [1.54, 1.807) is 0 Å². The van der Waals surface area contributed by atoms with Crippen LogP contribution >= 0.6 is 0 Å². The van der Waals surface area contributed by atoms with Crippen LogP contribution in [0.2, 0.25) is 0 Å². The van der Waals surface area contributed by atoms with E-state index in [9.17, 15) is 0 Å². The van der Waals surface area contributed by atoms with Crippen LogP contribution in [-0.4, -0.2) is 6.73 Å². The highest BCUT2D eigenvalue weighted by Crippen LogP contribution is 2.34. The summed E-state index contributed by atoms with van der Waals surface area (Å²) < 4.78 is 5.99. The lowest BCUT2D eigenvalue weighted by atomic mass is 10.0. The van der Waals surface area contributed by atoms with Crippen LogP contribution in [0.4, 0.5) is 5.69 Å². The summed E-state index contributed by atoms with van der Waals surface area (Å²) in [7, 11) is 0. The summed E-state index contributed by atoms with van der Waals surface area (Å²) in [4.78, 5) is 2.29. The molecular weight excluding hydrogens is 270 g/mol. The maximum atomic E-state index is 5.99. The Balaban J connectivity index is 1.76. The molecule has 110 valence electrons. The van der Waals surface area contributed by atoms with Crippen LogP contribution in [-0.2, 0) is 6.54 Å². The number of hydrogen-bond acceptors (Lipinski definition) is 2. The van der Waals surface area contributed by atoms with Gasteiger partial charge in [0.05, 0.1) is 6.54 Å². The Labute approximate surface area is 130 Å². The van der Waals surface area contributed by atoms with Gasteiger partial charge in [-0.05, 0) is 53.9 Å². The normalized spacial score (nSPS) is 13.8. The molecule has 2 nitrogen and oxygen atoms in total. The maximum Gasteiger partial charge on any atom is 0.161 e. The van der Waals surface area contributed by atoms with E-state index in [2.05, 4.69) is 73.3 Å². The minimum Gasteiger partial charge on any atom is -0.473 e. The van der Waals surface area contributed by atoms with E-state index in [4.69, 9.17) is 4.74 Å². The Morgan fingerprint density at radius 3 is 2.64 bits per heavy atom. The first-order chi connectivity index (χ1) is 10.7. The lowest BCUT2D eigenvalue weighted by Crippen LogP contribution is -2.32. The Bertz CT molecular complexity index is 853. The Hall–Kier alpha value is -2.48. The molecule has 0 fully saturated rings. The number of anilines is 1. The molecule has 0 aliphatic carbocycles. The quantitative estimate of drug-likeness (QED) is 0.637. The zero-order chi connectivity index (χ0) is 15.1. The van der Waals surface area contributed by atoms with Crippen LogP contribution in [0.5, 0.6) is 5.75 Å². The third kappa shape index (κ3) is 2.12. The van der Waals surface area contributed by atoms with Gasteiger partial charge in [-0.15, -0.1) is 0 Å². The number of benzene rings is 3. The Morgan fingerprint density at radius 1 is 0.909 bits per heavy atom. The van der Waals surface area contributed by atoms with Crippen molar-refractivity contribution < 1.29 is 4.74 Å². The first-order valence-corrected chi connectivity index (χ1v) is 7.68. The minimum atomic E-state index is 0.605. The van der Waals surface area contributed by atoms with E-state index in [-0.39, 0.29) is 0 Å². The van der Waals surface area contributed by atoms with Gasteiger partial charge in [0.1, 0.15) is 5.75 Å². The Morgan fingerprint density at radius 2 is 1.77 bits per heavy atom. The van der Waals surface area contributed by atoms with Crippen LogP contribution in [0, 0.1) is 13.8 Å². The highest BCUT2D eigenvalue weighted by molar-refractivity contribution is 5.88. The fraction of sp³-hybridized carbons (Fsp3) is 0.200. The van der Waals surface area contributed by atoms with Crippen LogP contribution in [0.25, 0.3) is 10.8 Å². The van der Waals surface area contributed by atoms with Gasteiger partial charge in [-0.2, -0.15) is 0 Å². The molecule has 0 atom stereocenters. The van der Waals surface area contributed by atoms with Crippen molar-refractivity contribution in [1.82, 2.24) is 0 Å². The third-order valence-electron chi connectivity index (χ3n) is 4.58. The average Bonchev–Trinajstić information content (AvgIpc) is 2.57. The SMILES string of the molecule is Cc1ccc(N2COc3ccc4ccccc4c3C2)cc1C. The predicted octanol–water partition coefficient (Wildman–Crippen LogP) is 4.81. The number of aryl methyl sites for hydroxylation is 2. The molecule has 0 amide bonds. The Kier molecular flexibility index (Phi) is 3.04. The molecule has 0 unspecified atom stereocenters. The second-order valence-electron chi connectivity index (χ2n) is 6.00. The first-order valence-electron chi connectivity index (χ1n) is 7.68. The highest BCUT2D eigenvalue weighted by atomic mass is 16.5.